The van der Waals surface area contributed by atoms with Crippen LogP contribution < -0.4 is 9.47 Å². The van der Waals surface area contributed by atoms with Crippen LogP contribution in [0.25, 0.3) is 0 Å². The second-order valence-corrected chi connectivity index (χ2v) is 8.68. The van der Waals surface area contributed by atoms with Crippen molar-refractivity contribution in [3.8, 4) is 11.5 Å². The number of ketones is 1. The van der Waals surface area contributed by atoms with Gasteiger partial charge < -0.3 is 29.0 Å². The van der Waals surface area contributed by atoms with E-state index in [9.17, 15) is 24.3 Å². The summed E-state index contributed by atoms with van der Waals surface area (Å²) < 4.78 is 21.9. The van der Waals surface area contributed by atoms with Gasteiger partial charge in [-0.15, -0.1) is 0 Å². The summed E-state index contributed by atoms with van der Waals surface area (Å²) in [6.45, 7) is 2.76. The number of benzene rings is 1. The summed E-state index contributed by atoms with van der Waals surface area (Å²) in [5, 5.41) is 10.9. The Balaban J connectivity index is 1.73. The Hall–Kier alpha value is -3.14. The van der Waals surface area contributed by atoms with Crippen LogP contribution in [0.2, 0.25) is 0 Å². The van der Waals surface area contributed by atoms with Crippen molar-refractivity contribution in [2.75, 3.05) is 13.7 Å². The van der Waals surface area contributed by atoms with Crippen LogP contribution in [0.3, 0.4) is 0 Å². The van der Waals surface area contributed by atoms with Crippen molar-refractivity contribution in [2.24, 2.45) is 5.92 Å². The highest BCUT2D eigenvalue weighted by Gasteiger charge is 2.72. The summed E-state index contributed by atoms with van der Waals surface area (Å²) in [7, 11) is 1.28. The number of aliphatic hydroxyl groups is 1. The van der Waals surface area contributed by atoms with Crippen molar-refractivity contribution in [3.05, 3.63) is 23.3 Å². The minimum atomic E-state index is -1.62. The average molecular weight is 445 g/mol. The third-order valence-corrected chi connectivity index (χ3v) is 7.13. The van der Waals surface area contributed by atoms with Gasteiger partial charge in [-0.3, -0.25) is 14.4 Å². The Kier molecular flexibility index (Phi) is 4.49. The van der Waals surface area contributed by atoms with Gasteiger partial charge in [-0.25, -0.2) is 4.79 Å². The molecule has 1 saturated heterocycles. The Bertz CT molecular complexity index is 1050. The molecule has 32 heavy (non-hydrogen) atoms. The van der Waals surface area contributed by atoms with Gasteiger partial charge >= 0.3 is 18.0 Å². The first-order chi connectivity index (χ1) is 15.2. The number of Topliss-reactive ketones (excluding diaryl/α,β-unsaturated/α-hetero) is 1. The van der Waals surface area contributed by atoms with E-state index < -0.39 is 59.5 Å². The summed E-state index contributed by atoms with van der Waals surface area (Å²) in [5.41, 5.74) is 0.633. The van der Waals surface area contributed by atoms with Gasteiger partial charge in [-0.1, -0.05) is 6.07 Å². The van der Waals surface area contributed by atoms with Gasteiger partial charge in [0, 0.05) is 32.0 Å². The number of rotatable bonds is 2. The quantitative estimate of drug-likeness (QED) is 0.511. The topological polar surface area (TPSA) is 129 Å². The third kappa shape index (κ3) is 2.55. The molecule has 2 aliphatic heterocycles. The number of esters is 2. The summed E-state index contributed by atoms with van der Waals surface area (Å²) in [5.74, 6) is -1.96. The molecule has 10 heteroatoms. The molecule has 2 bridgehead atoms. The van der Waals surface area contributed by atoms with E-state index in [1.54, 1.807) is 12.1 Å². The zero-order valence-corrected chi connectivity index (χ0v) is 17.8. The molecule has 0 aromatic heterocycles. The lowest BCUT2D eigenvalue weighted by molar-refractivity contribution is -0.188. The maximum absolute atomic E-state index is 13.5. The standard InChI is InChI=1S/C22H23NO9/c1-9(24)30-13-5-4-11-8-12-15-16(26)17(27)19(31-10(2)25)20-22(15,14(11)18(13)32-20)6-7-23(12)21(28)29-3/h4-5,12,15,17,19-20,27H,6-8H2,1-3H3/t12-,15-,17-,19+,20+,22-/m1/s1. The molecule has 1 N–H and O–H groups in total. The number of carbonyl (C=O) groups excluding carboxylic acids is 4. The first-order valence-electron chi connectivity index (χ1n) is 10.5. The molecule has 1 spiro atoms. The highest BCUT2D eigenvalue weighted by atomic mass is 16.6. The van der Waals surface area contributed by atoms with E-state index in [2.05, 4.69) is 0 Å². The molecule has 1 aromatic rings. The minimum absolute atomic E-state index is 0.205. The van der Waals surface area contributed by atoms with Crippen molar-refractivity contribution < 1.29 is 43.2 Å². The maximum atomic E-state index is 13.5. The molecule has 2 fully saturated rings. The molecule has 0 unspecified atom stereocenters. The van der Waals surface area contributed by atoms with Gasteiger partial charge in [-0.2, -0.15) is 0 Å². The number of methoxy groups -OCH3 is 1. The van der Waals surface area contributed by atoms with E-state index in [0.29, 0.717) is 25.1 Å². The van der Waals surface area contributed by atoms with Crippen LogP contribution in [0.1, 0.15) is 31.4 Å². The molecular formula is C22H23NO9. The van der Waals surface area contributed by atoms with Crippen LogP contribution in [-0.2, 0) is 35.7 Å². The lowest BCUT2D eigenvalue weighted by atomic mass is 9.50. The fraction of sp³-hybridized carbons (Fsp3) is 0.545. The molecule has 1 aromatic carbocycles. The number of amides is 1. The van der Waals surface area contributed by atoms with E-state index in [4.69, 9.17) is 18.9 Å². The Labute approximate surface area is 183 Å². The Morgan fingerprint density at radius 3 is 2.62 bits per heavy atom. The first kappa shape index (κ1) is 20.7. The van der Waals surface area contributed by atoms with Crippen molar-refractivity contribution in [2.45, 2.75) is 56.5 Å². The van der Waals surface area contributed by atoms with Crippen LogP contribution in [0, 0.1) is 5.92 Å². The fourth-order valence-electron chi connectivity index (χ4n) is 6.19. The van der Waals surface area contributed by atoms with Crippen LogP contribution in [0.15, 0.2) is 12.1 Å². The summed E-state index contributed by atoms with van der Waals surface area (Å²) in [4.78, 5) is 51.0. The van der Waals surface area contributed by atoms with E-state index in [1.807, 2.05) is 0 Å². The number of piperidine rings is 1. The van der Waals surface area contributed by atoms with Crippen LogP contribution in [0.5, 0.6) is 11.5 Å². The zero-order chi connectivity index (χ0) is 22.9. The van der Waals surface area contributed by atoms with Crippen molar-refractivity contribution >= 4 is 23.8 Å². The fourth-order valence-corrected chi connectivity index (χ4v) is 6.19. The largest absolute Gasteiger partial charge is 0.481 e. The molecule has 5 rings (SSSR count). The van der Waals surface area contributed by atoms with E-state index >= 15 is 0 Å². The monoisotopic (exact) mass is 445 g/mol. The molecule has 2 heterocycles. The molecule has 2 aliphatic carbocycles. The number of hydrogen-bond acceptors (Lipinski definition) is 9. The van der Waals surface area contributed by atoms with E-state index in [1.165, 1.54) is 25.9 Å². The number of ether oxygens (including phenoxy) is 4. The number of aliphatic hydroxyl groups excluding tert-OH is 1. The number of nitrogens with zero attached hydrogens (tertiary/aromatic N) is 1. The summed E-state index contributed by atoms with van der Waals surface area (Å²) in [6, 6.07) is 2.85. The smallest absolute Gasteiger partial charge is 0.409 e. The first-order valence-corrected chi connectivity index (χ1v) is 10.5. The predicted octanol–water partition coefficient (Wildman–Crippen LogP) is 0.499. The Morgan fingerprint density at radius 2 is 1.97 bits per heavy atom. The summed E-state index contributed by atoms with van der Waals surface area (Å²) in [6.07, 6.45) is -3.60. The lowest BCUT2D eigenvalue weighted by Gasteiger charge is -2.58. The average Bonchev–Trinajstić information content (AvgIpc) is 3.07. The SMILES string of the molecule is COC(=O)N1CC[C@]23c4c5ccc(OC(C)=O)c4O[C@H]2[C@@H](OC(C)=O)[C@H](O)C(=O)[C@H]3[C@H]1C5. The van der Waals surface area contributed by atoms with Crippen molar-refractivity contribution in [1.82, 2.24) is 4.90 Å². The lowest BCUT2D eigenvalue weighted by Crippen LogP contribution is -2.74. The number of carbonyl (C=O) groups is 4. The molecule has 6 atom stereocenters. The predicted molar refractivity (Wildman–Crippen MR) is 105 cm³/mol. The van der Waals surface area contributed by atoms with Gasteiger partial charge in [0.1, 0.15) is 6.10 Å². The van der Waals surface area contributed by atoms with Crippen molar-refractivity contribution in [1.29, 1.82) is 0 Å². The molecule has 1 saturated carbocycles. The second kappa shape index (κ2) is 6.93. The maximum Gasteiger partial charge on any atom is 0.409 e. The van der Waals surface area contributed by atoms with Gasteiger partial charge in [0.15, 0.2) is 29.5 Å². The zero-order valence-electron chi connectivity index (χ0n) is 17.8. The van der Waals surface area contributed by atoms with Crippen LogP contribution >= 0.6 is 0 Å². The van der Waals surface area contributed by atoms with Gasteiger partial charge in [0.25, 0.3) is 0 Å². The Morgan fingerprint density at radius 1 is 1.22 bits per heavy atom. The van der Waals surface area contributed by atoms with Gasteiger partial charge in [0.05, 0.1) is 18.4 Å². The third-order valence-electron chi connectivity index (χ3n) is 7.13. The molecule has 170 valence electrons. The van der Waals surface area contributed by atoms with Crippen molar-refractivity contribution in [3.63, 3.8) is 0 Å². The number of likely N-dealkylation sites (tertiary alicyclic amines) is 1. The molecule has 4 aliphatic rings. The highest BCUT2D eigenvalue weighted by Crippen LogP contribution is 2.63. The molecular weight excluding hydrogens is 422 g/mol. The highest BCUT2D eigenvalue weighted by molar-refractivity contribution is 5.92. The van der Waals surface area contributed by atoms with E-state index in [0.717, 1.165) is 11.1 Å². The van der Waals surface area contributed by atoms with Crippen LogP contribution in [-0.4, -0.2) is 71.8 Å². The second-order valence-electron chi connectivity index (χ2n) is 8.68. The molecule has 1 amide bonds. The normalized spacial score (nSPS) is 33.7. The number of hydrogen-bond donors (Lipinski definition) is 1. The molecule has 10 nitrogen and oxygen atoms in total. The minimum Gasteiger partial charge on any atom is -0.481 e. The van der Waals surface area contributed by atoms with Gasteiger partial charge in [-0.05, 0) is 24.5 Å². The van der Waals surface area contributed by atoms with Gasteiger partial charge in [0.2, 0.25) is 0 Å². The van der Waals surface area contributed by atoms with Crippen LogP contribution in [0.4, 0.5) is 4.79 Å². The van der Waals surface area contributed by atoms with E-state index in [-0.39, 0.29) is 5.75 Å². The molecule has 0 radical (unpaired) electrons. The summed E-state index contributed by atoms with van der Waals surface area (Å²) >= 11 is 0.